The average molecular weight is 524 g/mol. The van der Waals surface area contributed by atoms with Gasteiger partial charge in [-0.3, -0.25) is 9.59 Å². The van der Waals surface area contributed by atoms with Crippen molar-refractivity contribution in [1.82, 2.24) is 9.21 Å². The first-order valence-electron chi connectivity index (χ1n) is 11.9. The number of amides is 2. The van der Waals surface area contributed by atoms with Gasteiger partial charge in [-0.25, -0.2) is 12.8 Å². The first kappa shape index (κ1) is 25.1. The molecule has 2 amide bonds. The quantitative estimate of drug-likeness (QED) is 0.566. The van der Waals surface area contributed by atoms with E-state index in [0.29, 0.717) is 30.0 Å². The molecule has 0 bridgehead atoms. The summed E-state index contributed by atoms with van der Waals surface area (Å²) in [6.07, 6.45) is 0. The van der Waals surface area contributed by atoms with E-state index in [-0.39, 0.29) is 36.0 Å². The molecule has 8 nitrogen and oxygen atoms in total. The van der Waals surface area contributed by atoms with E-state index < -0.39 is 27.8 Å². The van der Waals surface area contributed by atoms with Crippen molar-refractivity contribution in [1.29, 1.82) is 0 Å². The third-order valence-electron chi connectivity index (χ3n) is 6.56. The number of carbonyl (C=O) groups excluding carboxylic acids is 2. The van der Waals surface area contributed by atoms with Gasteiger partial charge in [0.05, 0.1) is 24.2 Å². The van der Waals surface area contributed by atoms with Gasteiger partial charge < -0.3 is 15.0 Å². The summed E-state index contributed by atoms with van der Waals surface area (Å²) in [5.74, 6) is -1.23. The van der Waals surface area contributed by atoms with Crippen LogP contribution in [0.3, 0.4) is 0 Å². The molecule has 192 valence electrons. The molecule has 0 saturated carbocycles. The number of aryl methyl sites for hydroxylation is 1. The van der Waals surface area contributed by atoms with Crippen molar-refractivity contribution in [2.45, 2.75) is 17.9 Å². The van der Waals surface area contributed by atoms with Crippen molar-refractivity contribution in [3.05, 3.63) is 94.8 Å². The van der Waals surface area contributed by atoms with E-state index in [0.717, 1.165) is 5.56 Å². The number of nitrogens with zero attached hydrogens (tertiary/aromatic N) is 2. The van der Waals surface area contributed by atoms with E-state index in [1.54, 1.807) is 18.2 Å². The van der Waals surface area contributed by atoms with E-state index in [1.807, 2.05) is 19.1 Å². The number of benzene rings is 3. The molecule has 3 aromatic rings. The number of anilines is 1. The number of sulfonamides is 1. The highest BCUT2D eigenvalue weighted by atomic mass is 32.2. The number of nitrogens with one attached hydrogen (secondary N) is 1. The summed E-state index contributed by atoms with van der Waals surface area (Å²) in [7, 11) is -3.72. The van der Waals surface area contributed by atoms with E-state index in [4.69, 9.17) is 4.74 Å². The largest absolute Gasteiger partial charge is 0.379 e. The van der Waals surface area contributed by atoms with Crippen molar-refractivity contribution in [2.75, 3.05) is 38.2 Å². The second-order valence-electron chi connectivity index (χ2n) is 9.07. The lowest BCUT2D eigenvalue weighted by Gasteiger charge is -2.31. The molecule has 2 heterocycles. The summed E-state index contributed by atoms with van der Waals surface area (Å²) in [4.78, 5) is 28.1. The minimum Gasteiger partial charge on any atom is -0.379 e. The molecule has 1 N–H and O–H groups in total. The van der Waals surface area contributed by atoms with Crippen molar-refractivity contribution >= 4 is 27.5 Å². The molecule has 0 radical (unpaired) electrons. The molecule has 1 fully saturated rings. The monoisotopic (exact) mass is 523 g/mol. The van der Waals surface area contributed by atoms with Gasteiger partial charge in [-0.05, 0) is 55.0 Å². The molecule has 0 aromatic heterocycles. The molecular weight excluding hydrogens is 497 g/mol. The summed E-state index contributed by atoms with van der Waals surface area (Å²) in [5.41, 5.74) is 3.10. The molecule has 0 aliphatic carbocycles. The second kappa shape index (κ2) is 10.0. The maximum atomic E-state index is 13.8. The lowest BCUT2D eigenvalue weighted by molar-refractivity contribution is -0.117. The first-order chi connectivity index (χ1) is 17.7. The molecule has 0 spiro atoms. The summed E-state index contributed by atoms with van der Waals surface area (Å²) >= 11 is 0. The van der Waals surface area contributed by atoms with Gasteiger partial charge in [0.25, 0.3) is 5.91 Å². The van der Waals surface area contributed by atoms with Crippen molar-refractivity contribution in [2.24, 2.45) is 0 Å². The van der Waals surface area contributed by atoms with E-state index in [9.17, 15) is 22.4 Å². The van der Waals surface area contributed by atoms with Crippen LogP contribution in [0, 0.1) is 12.7 Å². The van der Waals surface area contributed by atoms with Gasteiger partial charge in [0.2, 0.25) is 15.9 Å². The number of hydrogen-bond donors (Lipinski definition) is 1. The van der Waals surface area contributed by atoms with Crippen LogP contribution in [-0.2, 0) is 19.6 Å². The smallest absolute Gasteiger partial charge is 0.255 e. The molecule has 1 unspecified atom stereocenters. The Kier molecular flexibility index (Phi) is 6.80. The Hall–Kier alpha value is -3.60. The van der Waals surface area contributed by atoms with Crippen LogP contribution < -0.4 is 5.32 Å². The standard InChI is InChI=1S/C27H26FN3O5S/c1-18-2-11-24-23(16-18)26(19-3-7-21(28)8-4-19)31(17-25(32)29-24)27(33)20-5-9-22(10-6-20)37(34,35)30-12-14-36-15-13-30/h2-11,16,26H,12-15,17H2,1H3,(H,29,32). The fourth-order valence-electron chi connectivity index (χ4n) is 4.69. The lowest BCUT2D eigenvalue weighted by Crippen LogP contribution is -2.40. The van der Waals surface area contributed by atoms with Gasteiger partial charge in [-0.2, -0.15) is 4.31 Å². The number of fused-ring (bicyclic) bond motifs is 1. The van der Waals surface area contributed by atoms with Crippen LogP contribution in [0.4, 0.5) is 10.1 Å². The number of rotatable bonds is 4. The zero-order valence-corrected chi connectivity index (χ0v) is 21.0. The molecule has 37 heavy (non-hydrogen) atoms. The molecule has 2 aliphatic rings. The minimum atomic E-state index is -3.72. The Bertz CT molecular complexity index is 1440. The van der Waals surface area contributed by atoms with Crippen LogP contribution in [0.5, 0.6) is 0 Å². The van der Waals surface area contributed by atoms with Crippen molar-refractivity contribution < 1.29 is 27.1 Å². The van der Waals surface area contributed by atoms with Gasteiger partial charge >= 0.3 is 0 Å². The Morgan fingerprint density at radius 2 is 1.68 bits per heavy atom. The van der Waals surface area contributed by atoms with Crippen LogP contribution in [0.2, 0.25) is 0 Å². The third-order valence-corrected chi connectivity index (χ3v) is 8.47. The molecule has 2 aliphatic heterocycles. The minimum absolute atomic E-state index is 0.0793. The van der Waals surface area contributed by atoms with Crippen LogP contribution in [0.1, 0.15) is 33.1 Å². The number of hydrogen-bond acceptors (Lipinski definition) is 5. The summed E-state index contributed by atoms with van der Waals surface area (Å²) in [5, 5.41) is 2.86. The maximum Gasteiger partial charge on any atom is 0.255 e. The lowest BCUT2D eigenvalue weighted by atomic mass is 9.94. The van der Waals surface area contributed by atoms with Crippen molar-refractivity contribution in [3.8, 4) is 0 Å². The number of halogens is 1. The number of ether oxygens (including phenoxy) is 1. The van der Waals surface area contributed by atoms with Gasteiger partial charge in [0.1, 0.15) is 12.4 Å². The highest BCUT2D eigenvalue weighted by molar-refractivity contribution is 7.89. The predicted molar refractivity (Wildman–Crippen MR) is 135 cm³/mol. The number of morpholine rings is 1. The van der Waals surface area contributed by atoms with E-state index in [1.165, 1.54) is 45.6 Å². The van der Waals surface area contributed by atoms with Gasteiger partial charge in [-0.15, -0.1) is 0 Å². The van der Waals surface area contributed by atoms with Crippen LogP contribution in [-0.4, -0.2) is 62.3 Å². The van der Waals surface area contributed by atoms with Gasteiger partial charge in [0.15, 0.2) is 0 Å². The average Bonchev–Trinajstić information content (AvgIpc) is 3.05. The number of carbonyl (C=O) groups is 2. The molecule has 1 atom stereocenters. The third kappa shape index (κ3) is 5.00. The second-order valence-corrected chi connectivity index (χ2v) is 11.0. The predicted octanol–water partition coefficient (Wildman–Crippen LogP) is 3.34. The van der Waals surface area contributed by atoms with Crippen LogP contribution in [0.25, 0.3) is 0 Å². The Balaban J connectivity index is 1.53. The van der Waals surface area contributed by atoms with Crippen LogP contribution in [0.15, 0.2) is 71.6 Å². The van der Waals surface area contributed by atoms with Crippen molar-refractivity contribution in [3.63, 3.8) is 0 Å². The highest BCUT2D eigenvalue weighted by Crippen LogP contribution is 2.37. The highest BCUT2D eigenvalue weighted by Gasteiger charge is 2.34. The normalized spacial score (nSPS) is 18.6. The zero-order chi connectivity index (χ0) is 26.2. The summed E-state index contributed by atoms with van der Waals surface area (Å²) < 4.78 is 46.3. The molecule has 1 saturated heterocycles. The summed E-state index contributed by atoms with van der Waals surface area (Å²) in [6.45, 7) is 2.88. The molecule has 5 rings (SSSR count). The van der Waals surface area contributed by atoms with Crippen LogP contribution >= 0.6 is 0 Å². The first-order valence-corrected chi connectivity index (χ1v) is 13.3. The SMILES string of the molecule is Cc1ccc2c(c1)C(c1ccc(F)cc1)N(C(=O)c1ccc(S(=O)(=O)N3CCOCC3)cc1)CC(=O)N2. The Morgan fingerprint density at radius 1 is 1.00 bits per heavy atom. The topological polar surface area (TPSA) is 96.0 Å². The maximum absolute atomic E-state index is 13.8. The van der Waals surface area contributed by atoms with Gasteiger partial charge in [0, 0.05) is 29.9 Å². The van der Waals surface area contributed by atoms with E-state index >= 15 is 0 Å². The summed E-state index contributed by atoms with van der Waals surface area (Å²) in [6, 6.07) is 16.4. The fraction of sp³-hybridized carbons (Fsp3) is 0.259. The van der Waals surface area contributed by atoms with Gasteiger partial charge in [-0.1, -0.05) is 29.8 Å². The fourth-order valence-corrected chi connectivity index (χ4v) is 6.10. The Labute approximate surface area is 214 Å². The molecular formula is C27H26FN3O5S. The zero-order valence-electron chi connectivity index (χ0n) is 20.2. The molecule has 10 heteroatoms. The molecule has 3 aromatic carbocycles. The Morgan fingerprint density at radius 3 is 2.35 bits per heavy atom. The van der Waals surface area contributed by atoms with E-state index in [2.05, 4.69) is 5.32 Å².